The van der Waals surface area contributed by atoms with Gasteiger partial charge in [-0.15, -0.1) is 4.09 Å². The second-order valence-electron chi connectivity index (χ2n) is 3.86. The van der Waals surface area contributed by atoms with Gasteiger partial charge in [0.2, 0.25) is 0 Å². The van der Waals surface area contributed by atoms with E-state index in [9.17, 15) is 8.42 Å². The van der Waals surface area contributed by atoms with Crippen LogP contribution in [0.25, 0.3) is 11.3 Å². The summed E-state index contributed by atoms with van der Waals surface area (Å²) in [5.74, 6) is 0. The Balaban J connectivity index is 2.59. The van der Waals surface area contributed by atoms with Crippen molar-refractivity contribution in [3.8, 4) is 11.3 Å². The minimum absolute atomic E-state index is 0.478. The van der Waals surface area contributed by atoms with E-state index in [4.69, 9.17) is 11.6 Å². The van der Waals surface area contributed by atoms with Crippen LogP contribution in [0.5, 0.6) is 0 Å². The Bertz CT molecular complexity index is 664. The monoisotopic (exact) mass is 285 g/mol. The second kappa shape index (κ2) is 4.72. The summed E-state index contributed by atoms with van der Waals surface area (Å²) in [6, 6.07) is 8.60. The summed E-state index contributed by atoms with van der Waals surface area (Å²) >= 11 is 5.90. The molecule has 2 rings (SSSR count). The average Bonchev–Trinajstić information content (AvgIpc) is 2.78. The molecule has 2 aromatic rings. The van der Waals surface area contributed by atoms with E-state index in [0.717, 1.165) is 8.39 Å². The van der Waals surface area contributed by atoms with E-state index in [0.29, 0.717) is 16.3 Å². The Morgan fingerprint density at radius 2 is 2.00 bits per heavy atom. The van der Waals surface area contributed by atoms with Crippen LogP contribution in [-0.2, 0) is 10.2 Å². The summed E-state index contributed by atoms with van der Waals surface area (Å²) < 4.78 is 26.2. The lowest BCUT2D eigenvalue weighted by atomic mass is 10.2. The topological polar surface area (TPSA) is 55.2 Å². The third-order valence-corrected chi connectivity index (χ3v) is 4.30. The maximum absolute atomic E-state index is 12.1. The molecule has 0 saturated carbocycles. The van der Waals surface area contributed by atoms with Crippen molar-refractivity contribution in [3.63, 3.8) is 0 Å². The predicted molar refractivity (Wildman–Crippen MR) is 70.7 cm³/mol. The van der Waals surface area contributed by atoms with Crippen molar-refractivity contribution in [3.05, 3.63) is 41.6 Å². The zero-order valence-electron chi connectivity index (χ0n) is 9.91. The van der Waals surface area contributed by atoms with Gasteiger partial charge in [-0.2, -0.15) is 17.8 Å². The van der Waals surface area contributed by atoms with Gasteiger partial charge in [-0.3, -0.25) is 0 Å². The fourth-order valence-electron chi connectivity index (χ4n) is 1.48. The molecular formula is C11H12ClN3O2S. The smallest absolute Gasteiger partial charge is 0.189 e. The van der Waals surface area contributed by atoms with E-state index in [-0.39, 0.29) is 0 Å². The highest BCUT2D eigenvalue weighted by atomic mass is 35.5. The number of benzene rings is 1. The highest BCUT2D eigenvalue weighted by Crippen LogP contribution is 2.23. The zero-order valence-corrected chi connectivity index (χ0v) is 11.5. The molecule has 0 spiro atoms. The molecule has 0 fully saturated rings. The molecule has 0 bridgehead atoms. The van der Waals surface area contributed by atoms with E-state index >= 15 is 0 Å². The number of nitrogens with zero attached hydrogens (tertiary/aromatic N) is 3. The van der Waals surface area contributed by atoms with E-state index < -0.39 is 10.2 Å². The van der Waals surface area contributed by atoms with Gasteiger partial charge in [0.15, 0.2) is 0 Å². The normalized spacial score (nSPS) is 12.0. The van der Waals surface area contributed by atoms with Gasteiger partial charge in [-0.25, -0.2) is 0 Å². The number of hydrogen-bond donors (Lipinski definition) is 0. The van der Waals surface area contributed by atoms with E-state index in [2.05, 4.69) is 5.10 Å². The van der Waals surface area contributed by atoms with Gasteiger partial charge in [0.1, 0.15) is 0 Å². The van der Waals surface area contributed by atoms with Crippen LogP contribution in [0.3, 0.4) is 0 Å². The molecule has 0 atom stereocenters. The Labute approximate surface area is 111 Å². The Morgan fingerprint density at radius 1 is 1.28 bits per heavy atom. The molecular weight excluding hydrogens is 274 g/mol. The van der Waals surface area contributed by atoms with Crippen molar-refractivity contribution in [1.29, 1.82) is 0 Å². The summed E-state index contributed by atoms with van der Waals surface area (Å²) in [5.41, 5.74) is 1.18. The van der Waals surface area contributed by atoms with Crippen molar-refractivity contribution >= 4 is 21.8 Å². The van der Waals surface area contributed by atoms with Gasteiger partial charge in [-0.05, 0) is 18.2 Å². The minimum Gasteiger partial charge on any atom is -0.189 e. The van der Waals surface area contributed by atoms with Crippen LogP contribution in [0, 0.1) is 0 Å². The summed E-state index contributed by atoms with van der Waals surface area (Å²) in [4.78, 5) is 0. The van der Waals surface area contributed by atoms with Crippen molar-refractivity contribution in [1.82, 2.24) is 13.5 Å². The first-order valence-corrected chi connectivity index (χ1v) is 6.93. The Hall–Kier alpha value is -1.37. The number of rotatable bonds is 3. The van der Waals surface area contributed by atoms with Crippen LogP contribution >= 0.6 is 11.6 Å². The van der Waals surface area contributed by atoms with Crippen LogP contribution < -0.4 is 0 Å². The molecule has 1 heterocycles. The standard InChI is InChI=1S/C11H12ClN3O2S/c1-14(2)18(16,17)15-11(6-7-13-15)9-4-3-5-10(12)8-9/h3-8H,1-2H3. The van der Waals surface area contributed by atoms with Gasteiger partial charge >= 0.3 is 10.2 Å². The third-order valence-electron chi connectivity index (χ3n) is 2.41. The fourth-order valence-corrected chi connectivity index (χ4v) is 2.57. The number of hydrogen-bond acceptors (Lipinski definition) is 3. The Morgan fingerprint density at radius 3 is 2.61 bits per heavy atom. The molecule has 0 aliphatic rings. The van der Waals surface area contributed by atoms with E-state index in [1.54, 1.807) is 30.3 Å². The maximum atomic E-state index is 12.1. The van der Waals surface area contributed by atoms with Crippen molar-refractivity contribution < 1.29 is 8.42 Å². The summed E-state index contributed by atoms with van der Waals surface area (Å²) in [7, 11) is -0.715. The Kier molecular flexibility index (Phi) is 3.43. The lowest BCUT2D eigenvalue weighted by molar-refractivity contribution is 0.504. The molecule has 1 aromatic carbocycles. The van der Waals surface area contributed by atoms with Crippen molar-refractivity contribution in [2.45, 2.75) is 0 Å². The molecule has 0 saturated heterocycles. The third kappa shape index (κ3) is 2.27. The molecule has 7 heteroatoms. The molecule has 0 N–H and O–H groups in total. The van der Waals surface area contributed by atoms with E-state index in [1.165, 1.54) is 20.3 Å². The predicted octanol–water partition coefficient (Wildman–Crippen LogP) is 1.86. The summed E-state index contributed by atoms with van der Waals surface area (Å²) in [6.45, 7) is 0. The van der Waals surface area contributed by atoms with Gasteiger partial charge < -0.3 is 0 Å². The van der Waals surface area contributed by atoms with Crippen molar-refractivity contribution in [2.75, 3.05) is 14.1 Å². The first kappa shape index (κ1) is 13.1. The van der Waals surface area contributed by atoms with Crippen LogP contribution in [0.1, 0.15) is 0 Å². The van der Waals surface area contributed by atoms with Crippen LogP contribution in [-0.4, -0.2) is 36.0 Å². The fraction of sp³-hybridized carbons (Fsp3) is 0.182. The molecule has 0 amide bonds. The van der Waals surface area contributed by atoms with E-state index in [1.807, 2.05) is 0 Å². The average molecular weight is 286 g/mol. The molecule has 96 valence electrons. The van der Waals surface area contributed by atoms with Crippen LogP contribution in [0.2, 0.25) is 5.02 Å². The van der Waals surface area contributed by atoms with Gasteiger partial charge in [0.05, 0.1) is 11.9 Å². The molecule has 18 heavy (non-hydrogen) atoms. The first-order valence-electron chi connectivity index (χ1n) is 5.16. The number of aromatic nitrogens is 2. The minimum atomic E-state index is -3.63. The van der Waals surface area contributed by atoms with Crippen LogP contribution in [0.15, 0.2) is 36.5 Å². The molecule has 1 aromatic heterocycles. The number of halogens is 1. The van der Waals surface area contributed by atoms with Crippen molar-refractivity contribution in [2.24, 2.45) is 0 Å². The maximum Gasteiger partial charge on any atom is 0.322 e. The van der Waals surface area contributed by atoms with Crippen LogP contribution in [0.4, 0.5) is 0 Å². The molecule has 0 aliphatic heterocycles. The molecule has 0 radical (unpaired) electrons. The lowest BCUT2D eigenvalue weighted by Gasteiger charge is -2.13. The molecule has 0 unspecified atom stereocenters. The zero-order chi connectivity index (χ0) is 13.3. The largest absolute Gasteiger partial charge is 0.322 e. The second-order valence-corrected chi connectivity index (χ2v) is 6.27. The quantitative estimate of drug-likeness (QED) is 0.865. The lowest BCUT2D eigenvalue weighted by Crippen LogP contribution is -2.30. The highest BCUT2D eigenvalue weighted by molar-refractivity contribution is 7.87. The summed E-state index contributed by atoms with van der Waals surface area (Å²) in [5, 5.41) is 4.40. The molecule has 0 aliphatic carbocycles. The van der Waals surface area contributed by atoms with Gasteiger partial charge in [0.25, 0.3) is 0 Å². The first-order chi connectivity index (χ1) is 8.43. The van der Waals surface area contributed by atoms with Gasteiger partial charge in [0, 0.05) is 24.7 Å². The SMILES string of the molecule is CN(C)S(=O)(=O)n1nccc1-c1cccc(Cl)c1. The highest BCUT2D eigenvalue weighted by Gasteiger charge is 2.21. The molecule has 5 nitrogen and oxygen atoms in total. The van der Waals surface area contributed by atoms with Gasteiger partial charge in [-0.1, -0.05) is 23.7 Å². The summed E-state index contributed by atoms with van der Waals surface area (Å²) in [6.07, 6.45) is 1.44.